The van der Waals surface area contributed by atoms with E-state index in [1.807, 2.05) is 0 Å². The van der Waals surface area contributed by atoms with Crippen molar-refractivity contribution in [2.24, 2.45) is 0 Å². The van der Waals surface area contributed by atoms with Gasteiger partial charge in [0.05, 0.1) is 12.2 Å². The molecule has 0 bridgehead atoms. The summed E-state index contributed by atoms with van der Waals surface area (Å²) in [5.41, 5.74) is 2.38. The van der Waals surface area contributed by atoms with Crippen molar-refractivity contribution in [1.29, 1.82) is 0 Å². The maximum Gasteiger partial charge on any atom is 0.129 e. The van der Waals surface area contributed by atoms with E-state index in [0.717, 1.165) is 37.7 Å². The molecule has 19 heavy (non-hydrogen) atoms. The highest BCUT2D eigenvalue weighted by Gasteiger charge is 2.23. The second-order valence-electron chi connectivity index (χ2n) is 5.42. The monoisotopic (exact) mass is 263 g/mol. The van der Waals surface area contributed by atoms with Crippen molar-refractivity contribution in [1.82, 2.24) is 10.3 Å². The highest BCUT2D eigenvalue weighted by atomic mass is 16.5. The van der Waals surface area contributed by atoms with Crippen LogP contribution in [0, 0.1) is 6.92 Å². The second kappa shape index (κ2) is 6.35. The van der Waals surface area contributed by atoms with E-state index in [9.17, 15) is 0 Å². The van der Waals surface area contributed by atoms with Gasteiger partial charge in [0.25, 0.3) is 0 Å². The predicted molar refractivity (Wildman–Crippen MR) is 78.6 cm³/mol. The Morgan fingerprint density at radius 3 is 2.63 bits per heavy atom. The van der Waals surface area contributed by atoms with Gasteiger partial charge in [-0.2, -0.15) is 0 Å². The molecule has 0 aromatic carbocycles. The summed E-state index contributed by atoms with van der Waals surface area (Å²) in [5, 5.41) is 3.37. The molecule has 0 unspecified atom stereocenters. The van der Waals surface area contributed by atoms with Crippen LogP contribution in [0.1, 0.15) is 32.0 Å². The zero-order valence-electron chi connectivity index (χ0n) is 12.4. The summed E-state index contributed by atoms with van der Waals surface area (Å²) in [6.45, 7) is 12.2. The van der Waals surface area contributed by atoms with Crippen molar-refractivity contribution >= 4 is 5.82 Å². The first-order chi connectivity index (χ1) is 9.08. The molecule has 1 aliphatic heterocycles. The van der Waals surface area contributed by atoms with Crippen molar-refractivity contribution in [2.75, 3.05) is 24.5 Å². The van der Waals surface area contributed by atoms with Gasteiger partial charge in [-0.05, 0) is 45.0 Å². The summed E-state index contributed by atoms with van der Waals surface area (Å²) in [6, 6.07) is 4.35. The van der Waals surface area contributed by atoms with Crippen LogP contribution in [-0.2, 0) is 11.3 Å². The quantitative estimate of drug-likeness (QED) is 0.903. The maximum absolute atomic E-state index is 5.78. The van der Waals surface area contributed by atoms with E-state index >= 15 is 0 Å². The number of ether oxygens (including phenoxy) is 1. The van der Waals surface area contributed by atoms with Gasteiger partial charge in [0.15, 0.2) is 0 Å². The number of hydrogen-bond donors (Lipinski definition) is 1. The lowest BCUT2D eigenvalue weighted by molar-refractivity contribution is -0.00547. The number of aryl methyl sites for hydroxylation is 1. The zero-order chi connectivity index (χ0) is 13.8. The Hall–Kier alpha value is -1.13. The number of pyridine rings is 1. The van der Waals surface area contributed by atoms with E-state index in [0.29, 0.717) is 0 Å². The number of aromatic nitrogens is 1. The fourth-order valence-corrected chi connectivity index (χ4v) is 2.62. The molecular formula is C15H25N3O. The molecule has 1 N–H and O–H groups in total. The summed E-state index contributed by atoms with van der Waals surface area (Å²) in [5.74, 6) is 1.08. The third-order valence-corrected chi connectivity index (χ3v) is 3.32. The van der Waals surface area contributed by atoms with Gasteiger partial charge in [0.2, 0.25) is 0 Å². The van der Waals surface area contributed by atoms with E-state index in [-0.39, 0.29) is 12.2 Å². The number of anilines is 1. The van der Waals surface area contributed by atoms with Gasteiger partial charge in [-0.1, -0.05) is 6.92 Å². The average molecular weight is 263 g/mol. The minimum Gasteiger partial charge on any atom is -0.372 e. The molecule has 2 atom stereocenters. The number of hydrogen-bond acceptors (Lipinski definition) is 4. The zero-order valence-corrected chi connectivity index (χ0v) is 12.4. The molecule has 0 aliphatic carbocycles. The average Bonchev–Trinajstić information content (AvgIpc) is 2.34. The lowest BCUT2D eigenvalue weighted by Gasteiger charge is -2.36. The minimum absolute atomic E-state index is 0.267. The molecule has 0 spiro atoms. The molecule has 1 aliphatic rings. The minimum atomic E-state index is 0.267. The fourth-order valence-electron chi connectivity index (χ4n) is 2.62. The Balaban J connectivity index is 2.16. The first kappa shape index (κ1) is 14.3. The van der Waals surface area contributed by atoms with Crippen LogP contribution in [0.5, 0.6) is 0 Å². The maximum atomic E-state index is 5.78. The summed E-state index contributed by atoms with van der Waals surface area (Å²) >= 11 is 0. The Morgan fingerprint density at radius 1 is 1.32 bits per heavy atom. The third-order valence-electron chi connectivity index (χ3n) is 3.32. The van der Waals surface area contributed by atoms with Crippen LogP contribution in [0.4, 0.5) is 5.82 Å². The molecule has 1 saturated heterocycles. The van der Waals surface area contributed by atoms with Gasteiger partial charge in [-0.3, -0.25) is 0 Å². The molecule has 0 saturated carbocycles. The van der Waals surface area contributed by atoms with Gasteiger partial charge in [-0.15, -0.1) is 0 Å². The smallest absolute Gasteiger partial charge is 0.129 e. The number of nitrogens with one attached hydrogen (secondary N) is 1. The SMILES string of the molecule is CCNCc1cc(C)nc(N2C[C@@H](C)O[C@@H](C)C2)c1. The Labute approximate surface area is 116 Å². The van der Waals surface area contributed by atoms with Gasteiger partial charge >= 0.3 is 0 Å². The highest BCUT2D eigenvalue weighted by molar-refractivity contribution is 5.43. The van der Waals surface area contributed by atoms with E-state index < -0.39 is 0 Å². The van der Waals surface area contributed by atoms with Crippen molar-refractivity contribution in [3.8, 4) is 0 Å². The number of rotatable bonds is 4. The molecular weight excluding hydrogens is 238 g/mol. The summed E-state index contributed by atoms with van der Waals surface area (Å²) in [4.78, 5) is 7.01. The van der Waals surface area contributed by atoms with Gasteiger partial charge in [0.1, 0.15) is 5.82 Å². The van der Waals surface area contributed by atoms with Crippen LogP contribution in [0.2, 0.25) is 0 Å². The van der Waals surface area contributed by atoms with Crippen LogP contribution >= 0.6 is 0 Å². The van der Waals surface area contributed by atoms with E-state index in [1.54, 1.807) is 0 Å². The molecule has 2 heterocycles. The first-order valence-electron chi connectivity index (χ1n) is 7.17. The van der Waals surface area contributed by atoms with E-state index in [1.165, 1.54) is 5.56 Å². The van der Waals surface area contributed by atoms with Crippen LogP contribution < -0.4 is 10.2 Å². The van der Waals surface area contributed by atoms with Crippen LogP contribution in [-0.4, -0.2) is 36.8 Å². The lowest BCUT2D eigenvalue weighted by atomic mass is 10.2. The van der Waals surface area contributed by atoms with E-state index in [4.69, 9.17) is 4.74 Å². The van der Waals surface area contributed by atoms with Crippen LogP contribution in [0.3, 0.4) is 0 Å². The van der Waals surface area contributed by atoms with Crippen molar-refractivity contribution in [3.05, 3.63) is 23.4 Å². The van der Waals surface area contributed by atoms with Crippen molar-refractivity contribution in [2.45, 2.75) is 46.4 Å². The Bertz CT molecular complexity index is 412. The second-order valence-corrected chi connectivity index (χ2v) is 5.42. The topological polar surface area (TPSA) is 37.4 Å². The molecule has 106 valence electrons. The molecule has 1 fully saturated rings. The first-order valence-corrected chi connectivity index (χ1v) is 7.17. The van der Waals surface area contributed by atoms with Crippen molar-refractivity contribution in [3.63, 3.8) is 0 Å². The summed E-state index contributed by atoms with van der Waals surface area (Å²) < 4.78 is 5.78. The molecule has 0 radical (unpaired) electrons. The van der Waals surface area contributed by atoms with E-state index in [2.05, 4.69) is 55.0 Å². The molecule has 4 nitrogen and oxygen atoms in total. The van der Waals surface area contributed by atoms with Crippen LogP contribution in [0.25, 0.3) is 0 Å². The predicted octanol–water partition coefficient (Wildman–Crippen LogP) is 2.11. The molecule has 1 aromatic rings. The van der Waals surface area contributed by atoms with Crippen LogP contribution in [0.15, 0.2) is 12.1 Å². The number of morpholine rings is 1. The molecule has 0 amide bonds. The lowest BCUT2D eigenvalue weighted by Crippen LogP contribution is -2.46. The highest BCUT2D eigenvalue weighted by Crippen LogP contribution is 2.20. The largest absolute Gasteiger partial charge is 0.372 e. The van der Waals surface area contributed by atoms with Gasteiger partial charge in [0, 0.05) is 25.3 Å². The van der Waals surface area contributed by atoms with Gasteiger partial charge < -0.3 is 15.0 Å². The standard InChI is InChI=1S/C15H25N3O/c1-5-16-8-14-6-11(2)17-15(7-14)18-9-12(3)19-13(4)10-18/h6-7,12-13,16H,5,8-10H2,1-4H3/t12-,13+. The Kier molecular flexibility index (Phi) is 4.77. The summed E-state index contributed by atoms with van der Waals surface area (Å²) in [7, 11) is 0. The third kappa shape index (κ3) is 3.91. The molecule has 4 heteroatoms. The molecule has 1 aromatic heterocycles. The molecule has 2 rings (SSSR count). The van der Waals surface area contributed by atoms with Gasteiger partial charge in [-0.25, -0.2) is 4.98 Å². The Morgan fingerprint density at radius 2 is 2.00 bits per heavy atom. The number of nitrogens with zero attached hydrogens (tertiary/aromatic N) is 2. The summed E-state index contributed by atoms with van der Waals surface area (Å²) in [6.07, 6.45) is 0.534. The van der Waals surface area contributed by atoms with Crippen molar-refractivity contribution < 1.29 is 4.74 Å². The fraction of sp³-hybridized carbons (Fsp3) is 0.667. The normalized spacial score (nSPS) is 23.7.